The van der Waals surface area contributed by atoms with Gasteiger partial charge >= 0.3 is 0 Å². The summed E-state index contributed by atoms with van der Waals surface area (Å²) in [7, 11) is 0. The first-order valence-electron chi connectivity index (χ1n) is 10.2. The van der Waals surface area contributed by atoms with Crippen molar-refractivity contribution in [2.45, 2.75) is 53.0 Å². The second kappa shape index (κ2) is 7.48. The summed E-state index contributed by atoms with van der Waals surface area (Å²) >= 11 is 1.55. The summed E-state index contributed by atoms with van der Waals surface area (Å²) in [6.07, 6.45) is 1.26. The maximum Gasteiger partial charge on any atom is 0.230 e. The predicted molar refractivity (Wildman–Crippen MR) is 114 cm³/mol. The summed E-state index contributed by atoms with van der Waals surface area (Å²) < 4.78 is 1.58. The minimum atomic E-state index is 0.0280. The van der Waals surface area contributed by atoms with E-state index < -0.39 is 0 Å². The average Bonchev–Trinajstić information content (AvgIpc) is 3.13. The zero-order valence-electron chi connectivity index (χ0n) is 17.4. The first-order valence-corrected chi connectivity index (χ1v) is 11.0. The topological polar surface area (TPSA) is 53.7 Å². The molecule has 1 aliphatic rings. The molecule has 0 unspecified atom stereocenters. The lowest BCUT2D eigenvalue weighted by Gasteiger charge is -2.40. The molecule has 5 nitrogen and oxygen atoms in total. The summed E-state index contributed by atoms with van der Waals surface area (Å²) in [5.74, 6) is 2.71. The molecule has 3 aromatic rings. The Morgan fingerprint density at radius 1 is 1.07 bits per heavy atom. The van der Waals surface area contributed by atoms with Crippen molar-refractivity contribution in [2.75, 3.05) is 13.1 Å². The van der Waals surface area contributed by atoms with Gasteiger partial charge in [0, 0.05) is 13.1 Å². The van der Waals surface area contributed by atoms with Crippen LogP contribution < -0.4 is 0 Å². The summed E-state index contributed by atoms with van der Waals surface area (Å²) in [6, 6.07) is 8.93. The lowest BCUT2D eigenvalue weighted by molar-refractivity contribution is 0.112. The highest BCUT2D eigenvalue weighted by Gasteiger charge is 2.33. The number of hydrogen-bond acceptors (Lipinski definition) is 5. The van der Waals surface area contributed by atoms with Gasteiger partial charge in [-0.3, -0.25) is 4.90 Å². The fraction of sp³-hybridized carbons (Fsp3) is 0.545. The van der Waals surface area contributed by atoms with Crippen molar-refractivity contribution >= 4 is 16.3 Å². The molecule has 1 N–H and O–H groups in total. The maximum atomic E-state index is 11.0. The van der Waals surface area contributed by atoms with Crippen molar-refractivity contribution < 1.29 is 5.11 Å². The minimum absolute atomic E-state index is 0.0280. The molecule has 0 bridgehead atoms. The molecule has 150 valence electrons. The van der Waals surface area contributed by atoms with E-state index in [-0.39, 0.29) is 11.9 Å². The molecule has 3 atom stereocenters. The minimum Gasteiger partial charge on any atom is -0.492 e. The van der Waals surface area contributed by atoms with Gasteiger partial charge in [-0.1, -0.05) is 63.3 Å². The molecule has 3 heterocycles. The number of likely N-dealkylation sites (tertiary alicyclic amines) is 1. The lowest BCUT2D eigenvalue weighted by Crippen LogP contribution is -2.41. The first kappa shape index (κ1) is 19.4. The van der Waals surface area contributed by atoms with Gasteiger partial charge in [0.05, 0.1) is 10.9 Å². The Morgan fingerprint density at radius 3 is 2.25 bits per heavy atom. The molecular weight excluding hydrogens is 368 g/mol. The number of nitrogens with zero attached hydrogens (tertiary/aromatic N) is 4. The van der Waals surface area contributed by atoms with E-state index in [1.165, 1.54) is 17.5 Å². The van der Waals surface area contributed by atoms with Crippen LogP contribution in [0.3, 0.4) is 0 Å². The number of rotatable bonds is 4. The molecule has 1 saturated heterocycles. The monoisotopic (exact) mass is 398 g/mol. The van der Waals surface area contributed by atoms with Gasteiger partial charge in [-0.05, 0) is 42.2 Å². The number of aryl methyl sites for hydroxylation is 1. The number of thiazole rings is 1. The van der Waals surface area contributed by atoms with E-state index in [1.54, 1.807) is 15.9 Å². The smallest absolute Gasteiger partial charge is 0.230 e. The Hall–Kier alpha value is -1.92. The number of piperidine rings is 1. The molecule has 0 aliphatic carbocycles. The highest BCUT2D eigenvalue weighted by atomic mass is 32.1. The van der Waals surface area contributed by atoms with E-state index in [0.29, 0.717) is 23.6 Å². The number of hydrogen-bond donors (Lipinski definition) is 1. The first-order chi connectivity index (χ1) is 13.3. The maximum absolute atomic E-state index is 11.0. The number of aromatic nitrogens is 3. The average molecular weight is 399 g/mol. The molecule has 0 amide bonds. The zero-order chi connectivity index (χ0) is 20.0. The lowest BCUT2D eigenvalue weighted by atomic mass is 9.89. The van der Waals surface area contributed by atoms with Gasteiger partial charge < -0.3 is 5.11 Å². The van der Waals surface area contributed by atoms with Gasteiger partial charge in [0.15, 0.2) is 0 Å². The molecule has 1 fully saturated rings. The largest absolute Gasteiger partial charge is 0.492 e. The van der Waals surface area contributed by atoms with Crippen LogP contribution in [0.25, 0.3) is 4.96 Å². The van der Waals surface area contributed by atoms with Crippen molar-refractivity contribution in [2.24, 2.45) is 11.8 Å². The SMILES string of the molecule is Cc1nc2sc([C@@H](c3ccc(C(C)C)cc3)N3C[C@@H](C)C[C@H](C)C3)c(O)n2n1. The molecule has 0 spiro atoms. The number of fused-ring (bicyclic) bond motifs is 1. The Balaban J connectivity index is 1.80. The van der Waals surface area contributed by atoms with Crippen LogP contribution in [0, 0.1) is 18.8 Å². The highest BCUT2D eigenvalue weighted by Crippen LogP contribution is 2.42. The molecule has 1 aromatic carbocycles. The van der Waals surface area contributed by atoms with Gasteiger partial charge in [0.1, 0.15) is 5.82 Å². The van der Waals surface area contributed by atoms with Gasteiger partial charge in [-0.25, -0.2) is 4.98 Å². The van der Waals surface area contributed by atoms with Crippen molar-refractivity contribution in [3.8, 4) is 5.88 Å². The molecular formula is C22H30N4OS. The van der Waals surface area contributed by atoms with Crippen molar-refractivity contribution in [1.29, 1.82) is 0 Å². The van der Waals surface area contributed by atoms with E-state index >= 15 is 0 Å². The van der Waals surface area contributed by atoms with E-state index in [1.807, 2.05) is 6.92 Å². The second-order valence-corrected chi connectivity index (χ2v) is 9.78. The molecule has 4 rings (SSSR count). The predicted octanol–water partition coefficient (Wildman–Crippen LogP) is 5.00. The van der Waals surface area contributed by atoms with Gasteiger partial charge in [0.25, 0.3) is 0 Å². The summed E-state index contributed by atoms with van der Waals surface area (Å²) in [6.45, 7) is 13.0. The van der Waals surface area contributed by atoms with Crippen molar-refractivity contribution in [3.63, 3.8) is 0 Å². The zero-order valence-corrected chi connectivity index (χ0v) is 18.2. The standard InChI is InChI=1S/C22H30N4OS/c1-13(2)17-6-8-18(9-7-17)19(25-11-14(3)10-15(4)12-25)20-21(27)26-22(28-20)23-16(5)24-26/h6-9,13-15,19,27H,10-12H2,1-5H3/t14-,15-,19+/m0/s1. The van der Waals surface area contributed by atoms with E-state index in [4.69, 9.17) is 0 Å². The summed E-state index contributed by atoms with van der Waals surface area (Å²) in [5, 5.41) is 15.4. The third-order valence-corrected chi connectivity index (χ3v) is 6.81. The second-order valence-electron chi connectivity index (χ2n) is 8.77. The van der Waals surface area contributed by atoms with Crippen molar-refractivity contribution in [3.05, 3.63) is 46.1 Å². The molecule has 6 heteroatoms. The normalized spacial score (nSPS) is 22.2. The summed E-state index contributed by atoms with van der Waals surface area (Å²) in [5.41, 5.74) is 2.56. The van der Waals surface area contributed by atoms with Crippen LogP contribution in [0.15, 0.2) is 24.3 Å². The van der Waals surface area contributed by atoms with Crippen LogP contribution in [0.2, 0.25) is 0 Å². The van der Waals surface area contributed by atoms with Crippen LogP contribution in [-0.2, 0) is 0 Å². The van der Waals surface area contributed by atoms with E-state index in [2.05, 4.69) is 66.9 Å². The molecule has 0 radical (unpaired) electrons. The van der Waals surface area contributed by atoms with E-state index in [9.17, 15) is 5.11 Å². The molecule has 0 saturated carbocycles. The fourth-order valence-corrected chi connectivity index (χ4v) is 5.70. The Bertz CT molecular complexity index is 949. The quantitative estimate of drug-likeness (QED) is 0.672. The Labute approximate surface area is 171 Å². The Morgan fingerprint density at radius 2 is 1.68 bits per heavy atom. The third kappa shape index (κ3) is 3.55. The number of benzene rings is 1. The van der Waals surface area contributed by atoms with Crippen molar-refractivity contribution in [1.82, 2.24) is 19.5 Å². The molecule has 28 heavy (non-hydrogen) atoms. The van der Waals surface area contributed by atoms with Crippen LogP contribution in [0.1, 0.15) is 67.9 Å². The van der Waals surface area contributed by atoms with Gasteiger partial charge in [-0.2, -0.15) is 4.52 Å². The van der Waals surface area contributed by atoms with Gasteiger partial charge in [0.2, 0.25) is 10.8 Å². The molecule has 1 aliphatic heterocycles. The van der Waals surface area contributed by atoms with Crippen LogP contribution in [0.5, 0.6) is 5.88 Å². The van der Waals surface area contributed by atoms with Crippen LogP contribution in [-0.4, -0.2) is 37.7 Å². The third-order valence-electron chi connectivity index (χ3n) is 5.74. The van der Waals surface area contributed by atoms with Crippen LogP contribution >= 0.6 is 11.3 Å². The van der Waals surface area contributed by atoms with Gasteiger partial charge in [-0.15, -0.1) is 5.10 Å². The van der Waals surface area contributed by atoms with E-state index in [0.717, 1.165) is 22.9 Å². The Kier molecular flexibility index (Phi) is 5.19. The summed E-state index contributed by atoms with van der Waals surface area (Å²) in [4.78, 5) is 8.70. The molecule has 2 aromatic heterocycles. The highest BCUT2D eigenvalue weighted by molar-refractivity contribution is 7.17. The fourth-order valence-electron chi connectivity index (χ4n) is 4.54. The van der Waals surface area contributed by atoms with Crippen LogP contribution in [0.4, 0.5) is 0 Å². The number of aromatic hydroxyl groups is 1.